The van der Waals surface area contributed by atoms with Crippen LogP contribution in [-0.2, 0) is 22.7 Å². The van der Waals surface area contributed by atoms with Crippen molar-refractivity contribution in [2.45, 2.75) is 32.2 Å². The highest BCUT2D eigenvalue weighted by Gasteiger charge is 2.22. The summed E-state index contributed by atoms with van der Waals surface area (Å²) in [5.74, 6) is 0.457. The molecule has 174 valence electrons. The summed E-state index contributed by atoms with van der Waals surface area (Å²) in [7, 11) is 1.32. The van der Waals surface area contributed by atoms with Gasteiger partial charge in [-0.1, -0.05) is 41.6 Å². The Hall–Kier alpha value is -2.82. The van der Waals surface area contributed by atoms with Crippen molar-refractivity contribution < 1.29 is 19.1 Å². The highest BCUT2D eigenvalue weighted by atomic mass is 35.5. The number of allylic oxidation sites excluding steroid dienone is 1. The van der Waals surface area contributed by atoms with Gasteiger partial charge in [-0.3, -0.25) is 9.36 Å². The van der Waals surface area contributed by atoms with Crippen LogP contribution in [-0.4, -0.2) is 39.5 Å². The number of halogens is 1. The van der Waals surface area contributed by atoms with Gasteiger partial charge in [0, 0.05) is 11.4 Å². The van der Waals surface area contributed by atoms with Crippen molar-refractivity contribution in [3.05, 3.63) is 63.8 Å². The average Bonchev–Trinajstić information content (AvgIpc) is 3.31. The number of nitrogens with one attached hydrogen (secondary N) is 1. The number of amides is 1. The Morgan fingerprint density at radius 1 is 1.30 bits per heavy atom. The minimum atomic E-state index is -0.478. The summed E-state index contributed by atoms with van der Waals surface area (Å²) in [5.41, 5.74) is 1.18. The number of carbonyl (C=O) groups excluding carboxylic acids is 2. The van der Waals surface area contributed by atoms with E-state index in [0.717, 1.165) is 10.4 Å². The number of aromatic nitrogens is 3. The van der Waals surface area contributed by atoms with E-state index in [-0.39, 0.29) is 18.3 Å². The Bertz CT molecular complexity index is 1180. The molecule has 0 atom stereocenters. The number of benzene rings is 1. The second-order valence-electron chi connectivity index (χ2n) is 6.83. The lowest BCUT2D eigenvalue weighted by Crippen LogP contribution is -2.16. The Labute approximate surface area is 204 Å². The van der Waals surface area contributed by atoms with Crippen LogP contribution in [0.3, 0.4) is 0 Å². The Balaban J connectivity index is 1.67. The number of aryl methyl sites for hydroxylation is 1. The summed E-state index contributed by atoms with van der Waals surface area (Å²) in [6.07, 6.45) is 1.71. The lowest BCUT2D eigenvalue weighted by Gasteiger charge is -2.10. The highest BCUT2D eigenvalue weighted by molar-refractivity contribution is 7.99. The predicted octanol–water partition coefficient (Wildman–Crippen LogP) is 4.89. The van der Waals surface area contributed by atoms with Crippen LogP contribution in [0.5, 0.6) is 5.75 Å². The monoisotopic (exact) mass is 506 g/mol. The summed E-state index contributed by atoms with van der Waals surface area (Å²) in [6, 6.07) is 7.17. The zero-order valence-corrected chi connectivity index (χ0v) is 20.8. The van der Waals surface area contributed by atoms with Crippen molar-refractivity contribution in [1.29, 1.82) is 0 Å². The molecule has 2 heterocycles. The molecular formula is C22H23ClN4O4S2. The van der Waals surface area contributed by atoms with Crippen molar-refractivity contribution >= 4 is 51.6 Å². The number of esters is 1. The number of thioether (sulfide) groups is 1. The van der Waals surface area contributed by atoms with Gasteiger partial charge < -0.3 is 14.8 Å². The van der Waals surface area contributed by atoms with Gasteiger partial charge in [0.1, 0.15) is 17.4 Å². The fourth-order valence-electron chi connectivity index (χ4n) is 2.90. The molecule has 1 aromatic carbocycles. The van der Waals surface area contributed by atoms with E-state index in [4.69, 9.17) is 21.1 Å². The number of hydrogen-bond acceptors (Lipinski definition) is 8. The van der Waals surface area contributed by atoms with Crippen LogP contribution >= 0.6 is 34.7 Å². The van der Waals surface area contributed by atoms with Crippen LogP contribution in [0.15, 0.2) is 42.1 Å². The Morgan fingerprint density at radius 2 is 2.06 bits per heavy atom. The van der Waals surface area contributed by atoms with E-state index in [2.05, 4.69) is 22.1 Å². The maximum absolute atomic E-state index is 12.6. The number of hydrogen-bond donors (Lipinski definition) is 1. The van der Waals surface area contributed by atoms with Crippen LogP contribution in [0, 0.1) is 13.8 Å². The quantitative estimate of drug-likeness (QED) is 0.237. The first kappa shape index (κ1) is 24.8. The minimum absolute atomic E-state index is 0.0806. The third kappa shape index (κ3) is 5.95. The van der Waals surface area contributed by atoms with E-state index >= 15 is 0 Å². The van der Waals surface area contributed by atoms with Gasteiger partial charge in [-0.2, -0.15) is 0 Å². The Morgan fingerprint density at radius 3 is 2.76 bits per heavy atom. The largest absolute Gasteiger partial charge is 0.484 e. The molecule has 3 aromatic rings. The lowest BCUT2D eigenvalue weighted by atomic mass is 10.1. The average molecular weight is 507 g/mol. The first-order valence-electron chi connectivity index (χ1n) is 9.87. The van der Waals surface area contributed by atoms with Crippen molar-refractivity contribution in [2.75, 3.05) is 18.2 Å². The van der Waals surface area contributed by atoms with Gasteiger partial charge in [0.05, 0.1) is 23.4 Å². The van der Waals surface area contributed by atoms with Crippen molar-refractivity contribution in [3.63, 3.8) is 0 Å². The molecule has 0 spiro atoms. The summed E-state index contributed by atoms with van der Waals surface area (Å²) in [5, 5.41) is 12.7. The minimum Gasteiger partial charge on any atom is -0.484 e. The topological polar surface area (TPSA) is 95.3 Å². The van der Waals surface area contributed by atoms with Gasteiger partial charge in [-0.25, -0.2) is 4.79 Å². The van der Waals surface area contributed by atoms with Gasteiger partial charge in [0.25, 0.3) is 0 Å². The number of rotatable bonds is 10. The van der Waals surface area contributed by atoms with Crippen LogP contribution in [0.4, 0.5) is 5.00 Å². The molecule has 11 heteroatoms. The van der Waals surface area contributed by atoms with Crippen LogP contribution in [0.2, 0.25) is 5.02 Å². The number of thiophene rings is 1. The molecular weight excluding hydrogens is 484 g/mol. The second kappa shape index (κ2) is 11.4. The molecule has 3 rings (SSSR count). The van der Waals surface area contributed by atoms with Crippen molar-refractivity contribution in [2.24, 2.45) is 0 Å². The normalized spacial score (nSPS) is 10.7. The van der Waals surface area contributed by atoms with Crippen LogP contribution in [0.1, 0.15) is 26.6 Å². The van der Waals surface area contributed by atoms with Gasteiger partial charge in [0.2, 0.25) is 5.91 Å². The zero-order valence-electron chi connectivity index (χ0n) is 18.4. The van der Waals surface area contributed by atoms with Crippen LogP contribution < -0.4 is 10.1 Å². The second-order valence-corrected chi connectivity index (χ2v) is 9.41. The highest BCUT2D eigenvalue weighted by Crippen LogP contribution is 2.33. The number of methoxy groups -OCH3 is 1. The number of anilines is 1. The maximum Gasteiger partial charge on any atom is 0.341 e. The zero-order chi connectivity index (χ0) is 24.0. The molecule has 0 saturated heterocycles. The van der Waals surface area contributed by atoms with E-state index in [9.17, 15) is 9.59 Å². The number of para-hydroxylation sites is 1. The smallest absolute Gasteiger partial charge is 0.341 e. The van der Waals surface area contributed by atoms with Crippen molar-refractivity contribution in [1.82, 2.24) is 14.8 Å². The molecule has 1 amide bonds. The number of ether oxygens (including phenoxy) is 2. The first-order valence-corrected chi connectivity index (χ1v) is 12.0. The van der Waals surface area contributed by atoms with E-state index < -0.39 is 5.97 Å². The van der Waals surface area contributed by atoms with E-state index in [1.807, 2.05) is 30.5 Å². The molecule has 0 aliphatic rings. The van der Waals surface area contributed by atoms with Crippen LogP contribution in [0.25, 0.3) is 0 Å². The number of nitrogens with zero attached hydrogens (tertiary/aromatic N) is 3. The molecule has 0 saturated carbocycles. The first-order chi connectivity index (χ1) is 15.8. The molecule has 1 N–H and O–H groups in total. The Kier molecular flexibility index (Phi) is 8.54. The number of carbonyl (C=O) groups is 2. The van der Waals surface area contributed by atoms with E-state index in [1.54, 1.807) is 18.2 Å². The van der Waals surface area contributed by atoms with Gasteiger partial charge in [0.15, 0.2) is 11.0 Å². The molecule has 0 bridgehead atoms. The molecule has 2 aromatic heterocycles. The summed E-state index contributed by atoms with van der Waals surface area (Å²) in [6.45, 7) is 8.11. The van der Waals surface area contributed by atoms with E-state index in [1.165, 1.54) is 30.2 Å². The molecule has 0 radical (unpaired) electrons. The summed E-state index contributed by atoms with van der Waals surface area (Å²) >= 11 is 8.71. The maximum atomic E-state index is 12.6. The molecule has 33 heavy (non-hydrogen) atoms. The SMILES string of the molecule is C=CCn1c(COc2ccccc2Cl)nnc1SCC(=O)Nc1sc(C)c(C)c1C(=O)OC. The molecule has 0 aliphatic heterocycles. The standard InChI is InChI=1S/C22H23ClN4O4S2/c1-5-10-27-17(11-31-16-9-7-6-8-15(16)23)25-26-22(27)32-12-18(28)24-20-19(21(29)30-4)13(2)14(3)33-20/h5-9H,1,10-12H2,2-4H3,(H,24,28). The molecule has 0 aliphatic carbocycles. The van der Waals surface area contributed by atoms with Gasteiger partial charge in [-0.15, -0.1) is 28.1 Å². The molecule has 0 fully saturated rings. The summed E-state index contributed by atoms with van der Waals surface area (Å²) in [4.78, 5) is 25.6. The fraction of sp³-hybridized carbons (Fsp3) is 0.273. The molecule has 0 unspecified atom stereocenters. The lowest BCUT2D eigenvalue weighted by molar-refractivity contribution is -0.113. The van der Waals surface area contributed by atoms with E-state index in [0.29, 0.717) is 38.9 Å². The van der Waals surface area contributed by atoms with Crippen molar-refractivity contribution in [3.8, 4) is 5.75 Å². The van der Waals surface area contributed by atoms with Gasteiger partial charge >= 0.3 is 5.97 Å². The predicted molar refractivity (Wildman–Crippen MR) is 130 cm³/mol. The summed E-state index contributed by atoms with van der Waals surface area (Å²) < 4.78 is 12.4. The molecule has 8 nitrogen and oxygen atoms in total. The fourth-order valence-corrected chi connectivity index (χ4v) is 4.93. The van der Waals surface area contributed by atoms with Gasteiger partial charge in [-0.05, 0) is 31.5 Å². The third-order valence-corrected chi connectivity index (χ3v) is 7.06. The third-order valence-electron chi connectivity index (χ3n) is 4.66.